The number of unbranched alkanes of at least 4 members (excludes halogenated alkanes) is 3. The fraction of sp³-hybridized carbons (Fsp3) is 0.867. The fourth-order valence-corrected chi connectivity index (χ4v) is 2.56. The lowest BCUT2D eigenvalue weighted by Gasteiger charge is -2.26. The zero-order valence-corrected chi connectivity index (χ0v) is 12.4. The summed E-state index contributed by atoms with van der Waals surface area (Å²) in [6.07, 6.45) is 5.73. The average molecular weight is 285 g/mol. The highest BCUT2D eigenvalue weighted by molar-refractivity contribution is 5.78. The molecule has 0 spiro atoms. The third-order valence-electron chi connectivity index (χ3n) is 4.00. The Balaban J connectivity index is 2.03. The van der Waals surface area contributed by atoms with E-state index in [1.165, 1.54) is 0 Å². The average Bonchev–Trinajstić information content (AvgIpc) is 2.45. The van der Waals surface area contributed by atoms with Gasteiger partial charge in [-0.3, -0.25) is 9.59 Å². The summed E-state index contributed by atoms with van der Waals surface area (Å²) < 4.78 is 5.31. The van der Waals surface area contributed by atoms with Crippen LogP contribution in [0.3, 0.4) is 0 Å². The van der Waals surface area contributed by atoms with Crippen molar-refractivity contribution < 1.29 is 19.4 Å². The maximum Gasteiger partial charge on any atom is 0.303 e. The summed E-state index contributed by atoms with van der Waals surface area (Å²) in [4.78, 5) is 22.3. The van der Waals surface area contributed by atoms with Crippen LogP contribution in [0.5, 0.6) is 0 Å². The highest BCUT2D eigenvalue weighted by Crippen LogP contribution is 2.23. The molecule has 0 radical (unpaired) electrons. The SMILES string of the molecule is CC(C(=O)NCCCCCCC(=O)O)C1CCOCC1. The predicted molar refractivity (Wildman–Crippen MR) is 76.4 cm³/mol. The van der Waals surface area contributed by atoms with E-state index in [-0.39, 0.29) is 18.2 Å². The van der Waals surface area contributed by atoms with Gasteiger partial charge in [-0.25, -0.2) is 0 Å². The molecule has 20 heavy (non-hydrogen) atoms. The van der Waals surface area contributed by atoms with Crippen LogP contribution in [0.15, 0.2) is 0 Å². The summed E-state index contributed by atoms with van der Waals surface area (Å²) in [5.74, 6) is -0.0868. The highest BCUT2D eigenvalue weighted by Gasteiger charge is 2.25. The first-order valence-corrected chi connectivity index (χ1v) is 7.68. The normalized spacial score (nSPS) is 17.6. The molecule has 5 nitrogen and oxygen atoms in total. The van der Waals surface area contributed by atoms with E-state index in [1.807, 2.05) is 6.92 Å². The third-order valence-corrected chi connectivity index (χ3v) is 4.00. The van der Waals surface area contributed by atoms with E-state index >= 15 is 0 Å². The van der Waals surface area contributed by atoms with Gasteiger partial charge in [-0.15, -0.1) is 0 Å². The Morgan fingerprint density at radius 1 is 1.20 bits per heavy atom. The zero-order chi connectivity index (χ0) is 14.8. The quantitative estimate of drug-likeness (QED) is 0.637. The van der Waals surface area contributed by atoms with Crippen molar-refractivity contribution in [2.45, 2.75) is 51.9 Å². The monoisotopic (exact) mass is 285 g/mol. The summed E-state index contributed by atoms with van der Waals surface area (Å²) in [6.45, 7) is 4.23. The second-order valence-electron chi connectivity index (χ2n) is 5.59. The van der Waals surface area contributed by atoms with Crippen molar-refractivity contribution in [2.24, 2.45) is 11.8 Å². The maximum atomic E-state index is 12.0. The van der Waals surface area contributed by atoms with Gasteiger partial charge in [0, 0.05) is 32.1 Å². The summed E-state index contributed by atoms with van der Waals surface area (Å²) in [7, 11) is 0. The summed E-state index contributed by atoms with van der Waals surface area (Å²) >= 11 is 0. The Morgan fingerprint density at radius 3 is 2.50 bits per heavy atom. The van der Waals surface area contributed by atoms with Crippen LogP contribution < -0.4 is 5.32 Å². The molecule has 0 aliphatic carbocycles. The molecular weight excluding hydrogens is 258 g/mol. The number of aliphatic carboxylic acids is 1. The van der Waals surface area contributed by atoms with Gasteiger partial charge in [-0.2, -0.15) is 0 Å². The lowest BCUT2D eigenvalue weighted by atomic mass is 9.87. The molecule has 5 heteroatoms. The van der Waals surface area contributed by atoms with Gasteiger partial charge in [0.25, 0.3) is 0 Å². The van der Waals surface area contributed by atoms with Crippen molar-refractivity contribution in [2.75, 3.05) is 19.8 Å². The van der Waals surface area contributed by atoms with Crippen LogP contribution in [0.4, 0.5) is 0 Å². The minimum absolute atomic E-state index is 0.0610. The van der Waals surface area contributed by atoms with Crippen molar-refractivity contribution in [3.63, 3.8) is 0 Å². The lowest BCUT2D eigenvalue weighted by Crippen LogP contribution is -2.36. The Bertz CT molecular complexity index is 300. The molecule has 0 aromatic heterocycles. The lowest BCUT2D eigenvalue weighted by molar-refractivity contribution is -0.137. The number of ether oxygens (including phenoxy) is 1. The number of nitrogens with one attached hydrogen (secondary N) is 1. The fourth-order valence-electron chi connectivity index (χ4n) is 2.56. The molecule has 1 saturated heterocycles. The molecular formula is C15H27NO4. The second-order valence-corrected chi connectivity index (χ2v) is 5.59. The van der Waals surface area contributed by atoms with E-state index in [0.717, 1.165) is 51.7 Å². The molecule has 1 aliphatic rings. The van der Waals surface area contributed by atoms with Gasteiger partial charge >= 0.3 is 5.97 Å². The van der Waals surface area contributed by atoms with E-state index < -0.39 is 5.97 Å². The first-order valence-electron chi connectivity index (χ1n) is 7.68. The van der Waals surface area contributed by atoms with E-state index in [4.69, 9.17) is 9.84 Å². The van der Waals surface area contributed by atoms with Crippen LogP contribution in [0.2, 0.25) is 0 Å². The van der Waals surface area contributed by atoms with E-state index in [0.29, 0.717) is 12.5 Å². The second kappa shape index (κ2) is 9.75. The Kier molecular flexibility index (Phi) is 8.26. The van der Waals surface area contributed by atoms with Gasteiger partial charge in [0.1, 0.15) is 0 Å². The van der Waals surface area contributed by atoms with Gasteiger partial charge in [0.05, 0.1) is 0 Å². The first-order chi connectivity index (χ1) is 9.61. The van der Waals surface area contributed by atoms with Crippen molar-refractivity contribution in [1.82, 2.24) is 5.32 Å². The van der Waals surface area contributed by atoms with Gasteiger partial charge in [0.2, 0.25) is 5.91 Å². The summed E-state index contributed by atoms with van der Waals surface area (Å²) in [5, 5.41) is 11.5. The topological polar surface area (TPSA) is 75.6 Å². The molecule has 1 unspecified atom stereocenters. The summed E-state index contributed by atoms with van der Waals surface area (Å²) in [6, 6.07) is 0. The molecule has 116 valence electrons. The molecule has 1 rings (SSSR count). The molecule has 1 fully saturated rings. The van der Waals surface area contributed by atoms with Crippen LogP contribution in [-0.4, -0.2) is 36.7 Å². The molecule has 1 atom stereocenters. The first kappa shape index (κ1) is 17.0. The van der Waals surface area contributed by atoms with Gasteiger partial charge in [0.15, 0.2) is 0 Å². The number of rotatable bonds is 9. The minimum Gasteiger partial charge on any atom is -0.481 e. The molecule has 1 amide bonds. The van der Waals surface area contributed by atoms with E-state index in [1.54, 1.807) is 0 Å². The molecule has 0 aromatic carbocycles. The number of hydrogen-bond donors (Lipinski definition) is 2. The van der Waals surface area contributed by atoms with Gasteiger partial charge < -0.3 is 15.2 Å². The molecule has 1 heterocycles. The van der Waals surface area contributed by atoms with Crippen molar-refractivity contribution in [1.29, 1.82) is 0 Å². The van der Waals surface area contributed by atoms with Crippen molar-refractivity contribution >= 4 is 11.9 Å². The number of carboxylic acids is 1. The highest BCUT2D eigenvalue weighted by atomic mass is 16.5. The third kappa shape index (κ3) is 6.89. The summed E-state index contributed by atoms with van der Waals surface area (Å²) in [5.41, 5.74) is 0. The van der Waals surface area contributed by atoms with E-state index in [9.17, 15) is 9.59 Å². The van der Waals surface area contributed by atoms with Crippen LogP contribution >= 0.6 is 0 Å². The Labute approximate surface area is 121 Å². The number of carbonyl (C=O) groups is 2. The number of carbonyl (C=O) groups excluding carboxylic acids is 1. The smallest absolute Gasteiger partial charge is 0.303 e. The number of hydrogen-bond acceptors (Lipinski definition) is 3. The molecule has 2 N–H and O–H groups in total. The van der Waals surface area contributed by atoms with Crippen LogP contribution in [0.25, 0.3) is 0 Å². The maximum absolute atomic E-state index is 12.0. The minimum atomic E-state index is -0.733. The Hall–Kier alpha value is -1.10. The van der Waals surface area contributed by atoms with Crippen LogP contribution in [-0.2, 0) is 14.3 Å². The zero-order valence-electron chi connectivity index (χ0n) is 12.4. The molecule has 0 saturated carbocycles. The van der Waals surface area contributed by atoms with E-state index in [2.05, 4.69) is 5.32 Å². The van der Waals surface area contributed by atoms with Crippen LogP contribution in [0, 0.1) is 11.8 Å². The molecule has 0 bridgehead atoms. The van der Waals surface area contributed by atoms with Gasteiger partial charge in [-0.05, 0) is 31.6 Å². The standard InChI is InChI=1S/C15H27NO4/c1-12(13-7-10-20-11-8-13)15(19)16-9-5-3-2-4-6-14(17)18/h12-13H,2-11H2,1H3,(H,16,19)(H,17,18). The van der Waals surface area contributed by atoms with Gasteiger partial charge in [-0.1, -0.05) is 19.8 Å². The number of amides is 1. The largest absolute Gasteiger partial charge is 0.481 e. The van der Waals surface area contributed by atoms with Crippen molar-refractivity contribution in [3.8, 4) is 0 Å². The number of carboxylic acid groups (broad SMARTS) is 1. The van der Waals surface area contributed by atoms with Crippen LogP contribution in [0.1, 0.15) is 51.9 Å². The predicted octanol–water partition coefficient (Wildman–Crippen LogP) is 2.20. The molecule has 1 aliphatic heterocycles. The van der Waals surface area contributed by atoms with Crippen molar-refractivity contribution in [3.05, 3.63) is 0 Å². The Morgan fingerprint density at radius 2 is 1.85 bits per heavy atom. The molecule has 0 aromatic rings.